The minimum Gasteiger partial charge on any atom is -0.390 e. The van der Waals surface area contributed by atoms with E-state index in [9.17, 15) is 10.2 Å². The maximum absolute atomic E-state index is 10.7. The number of hydrogen-bond donors (Lipinski definition) is 5. The Labute approximate surface area is 204 Å². The smallest absolute Gasteiger partial charge is 0.138 e. The van der Waals surface area contributed by atoms with Gasteiger partial charge in [0.2, 0.25) is 0 Å². The van der Waals surface area contributed by atoms with Crippen LogP contribution < -0.4 is 10.6 Å². The average Bonchev–Trinajstić information content (AvgIpc) is 3.55. The summed E-state index contributed by atoms with van der Waals surface area (Å²) in [5.74, 6) is 1.61. The number of rotatable bonds is 7. The van der Waals surface area contributed by atoms with Crippen molar-refractivity contribution in [3.05, 3.63) is 63.8 Å². The number of aromatic nitrogens is 2. The number of nitrogens with one attached hydrogen (secondary N) is 3. The lowest BCUT2D eigenvalue weighted by Crippen LogP contribution is -2.35. The third-order valence-corrected chi connectivity index (χ3v) is 7.91. The molecule has 0 radical (unpaired) electrons. The van der Waals surface area contributed by atoms with Crippen LogP contribution in [0.3, 0.4) is 0 Å². The summed E-state index contributed by atoms with van der Waals surface area (Å²) in [6.07, 6.45) is -0.0358. The molecule has 1 aromatic carbocycles. The Morgan fingerprint density at radius 1 is 1.12 bits per heavy atom. The zero-order chi connectivity index (χ0) is 23.8. The van der Waals surface area contributed by atoms with Crippen molar-refractivity contribution in [3.63, 3.8) is 0 Å². The van der Waals surface area contributed by atoms with Gasteiger partial charge in [-0.2, -0.15) is 0 Å². The highest BCUT2D eigenvalue weighted by molar-refractivity contribution is 7.09. The molecule has 6 nitrogen and oxygen atoms in total. The second-order valence-corrected chi connectivity index (χ2v) is 10.3. The lowest BCUT2D eigenvalue weighted by molar-refractivity contribution is 0.0210. The SMILES string of the molecule is CCc1c(NCc2cccs2)nc(NC2CC(C)C(O)C2O)c(-c2cc3ccccc3[nH]2)c1C. The third kappa shape index (κ3) is 4.19. The molecule has 0 spiro atoms. The van der Waals surface area contributed by atoms with Crippen molar-refractivity contribution >= 4 is 33.9 Å². The van der Waals surface area contributed by atoms with Crippen molar-refractivity contribution in [2.24, 2.45) is 5.92 Å². The first-order valence-corrected chi connectivity index (χ1v) is 12.8. The van der Waals surface area contributed by atoms with Gasteiger partial charge in [0.1, 0.15) is 17.7 Å². The number of nitrogens with zero attached hydrogens (tertiary/aromatic N) is 1. The van der Waals surface area contributed by atoms with Crippen LogP contribution in [0.25, 0.3) is 22.2 Å². The molecule has 0 aliphatic heterocycles. The van der Waals surface area contributed by atoms with Crippen molar-refractivity contribution in [1.82, 2.24) is 9.97 Å². The predicted octanol–water partition coefficient (Wildman–Crippen LogP) is 5.32. The van der Waals surface area contributed by atoms with Crippen molar-refractivity contribution in [2.45, 2.75) is 58.4 Å². The van der Waals surface area contributed by atoms with Crippen LogP contribution in [0.15, 0.2) is 47.8 Å². The first-order valence-electron chi connectivity index (χ1n) is 12.0. The zero-order valence-corrected chi connectivity index (χ0v) is 20.6. The highest BCUT2D eigenvalue weighted by Crippen LogP contribution is 2.39. The van der Waals surface area contributed by atoms with Crippen LogP contribution >= 0.6 is 11.3 Å². The number of H-pyrrole nitrogens is 1. The van der Waals surface area contributed by atoms with Crippen LogP contribution in [-0.4, -0.2) is 38.4 Å². The molecule has 1 aliphatic carbocycles. The van der Waals surface area contributed by atoms with Gasteiger partial charge in [-0.1, -0.05) is 38.1 Å². The Kier molecular flexibility index (Phi) is 6.34. The number of benzene rings is 1. The van der Waals surface area contributed by atoms with Gasteiger partial charge < -0.3 is 25.8 Å². The maximum Gasteiger partial charge on any atom is 0.138 e. The summed E-state index contributed by atoms with van der Waals surface area (Å²) in [6, 6.07) is 14.3. The van der Waals surface area contributed by atoms with Gasteiger partial charge in [-0.25, -0.2) is 4.98 Å². The molecule has 3 aromatic heterocycles. The number of anilines is 2. The molecule has 5 rings (SSSR count). The Hall–Kier alpha value is -2.87. The first-order chi connectivity index (χ1) is 16.5. The summed E-state index contributed by atoms with van der Waals surface area (Å²) < 4.78 is 0. The summed E-state index contributed by atoms with van der Waals surface area (Å²) in [5, 5.41) is 31.3. The normalized spacial score (nSPS) is 22.4. The molecule has 7 heteroatoms. The molecule has 4 atom stereocenters. The number of aliphatic hydroxyl groups is 2. The lowest BCUT2D eigenvalue weighted by Gasteiger charge is -2.24. The number of pyridine rings is 1. The van der Waals surface area contributed by atoms with Crippen LogP contribution in [0.1, 0.15) is 36.3 Å². The van der Waals surface area contributed by atoms with Crippen LogP contribution in [0, 0.1) is 12.8 Å². The molecule has 5 N–H and O–H groups in total. The van der Waals surface area contributed by atoms with Crippen molar-refractivity contribution < 1.29 is 10.2 Å². The van der Waals surface area contributed by atoms with E-state index >= 15 is 0 Å². The topological polar surface area (TPSA) is 93.2 Å². The number of fused-ring (bicyclic) bond motifs is 1. The molecule has 4 unspecified atom stereocenters. The van der Waals surface area contributed by atoms with E-state index in [1.807, 2.05) is 19.1 Å². The van der Waals surface area contributed by atoms with Gasteiger partial charge >= 0.3 is 0 Å². The fraction of sp³-hybridized carbons (Fsp3) is 0.370. The van der Waals surface area contributed by atoms with E-state index < -0.39 is 12.2 Å². The van der Waals surface area contributed by atoms with Crippen LogP contribution in [-0.2, 0) is 13.0 Å². The Morgan fingerprint density at radius 3 is 2.62 bits per heavy atom. The maximum atomic E-state index is 10.7. The van der Waals surface area contributed by atoms with E-state index in [1.54, 1.807) is 11.3 Å². The van der Waals surface area contributed by atoms with Crippen LogP contribution in [0.2, 0.25) is 0 Å². The third-order valence-electron chi connectivity index (χ3n) is 7.03. The molecule has 3 heterocycles. The summed E-state index contributed by atoms with van der Waals surface area (Å²) in [6.45, 7) is 6.98. The minimum atomic E-state index is -0.832. The molecule has 0 amide bonds. The molecule has 4 aromatic rings. The molecule has 34 heavy (non-hydrogen) atoms. The monoisotopic (exact) mass is 476 g/mol. The van der Waals surface area contributed by atoms with Gasteiger partial charge in [-0.3, -0.25) is 0 Å². The molecule has 1 saturated carbocycles. The van der Waals surface area contributed by atoms with Gasteiger partial charge in [0.15, 0.2) is 0 Å². The van der Waals surface area contributed by atoms with E-state index in [1.165, 1.54) is 10.4 Å². The van der Waals surface area contributed by atoms with Gasteiger partial charge in [-0.15, -0.1) is 11.3 Å². The van der Waals surface area contributed by atoms with E-state index in [4.69, 9.17) is 4.98 Å². The van der Waals surface area contributed by atoms with Crippen molar-refractivity contribution in [1.29, 1.82) is 0 Å². The second kappa shape index (κ2) is 9.41. The molecular formula is C27H32N4O2S. The van der Waals surface area contributed by atoms with E-state index in [2.05, 4.69) is 65.2 Å². The van der Waals surface area contributed by atoms with Gasteiger partial charge in [0, 0.05) is 21.3 Å². The second-order valence-electron chi connectivity index (χ2n) is 9.29. The fourth-order valence-electron chi connectivity index (χ4n) is 5.12. The highest BCUT2D eigenvalue weighted by atomic mass is 32.1. The van der Waals surface area contributed by atoms with Gasteiger partial charge in [0.25, 0.3) is 0 Å². The zero-order valence-electron chi connectivity index (χ0n) is 19.8. The first kappa shape index (κ1) is 22.9. The molecular weight excluding hydrogens is 444 g/mol. The van der Waals surface area contributed by atoms with E-state index in [-0.39, 0.29) is 12.0 Å². The summed E-state index contributed by atoms with van der Waals surface area (Å²) in [5.41, 5.74) is 5.41. The Balaban J connectivity index is 1.60. The summed E-state index contributed by atoms with van der Waals surface area (Å²) in [7, 11) is 0. The molecule has 1 aliphatic rings. The minimum absolute atomic E-state index is 0.0245. The average molecular weight is 477 g/mol. The van der Waals surface area contributed by atoms with Crippen molar-refractivity contribution in [3.8, 4) is 11.3 Å². The molecule has 178 valence electrons. The van der Waals surface area contributed by atoms with E-state index in [0.717, 1.165) is 45.8 Å². The molecule has 0 saturated heterocycles. The Bertz CT molecular complexity index is 1250. The fourth-order valence-corrected chi connectivity index (χ4v) is 5.76. The van der Waals surface area contributed by atoms with Crippen molar-refractivity contribution in [2.75, 3.05) is 10.6 Å². The molecule has 1 fully saturated rings. The summed E-state index contributed by atoms with van der Waals surface area (Å²) >= 11 is 1.72. The van der Waals surface area contributed by atoms with Gasteiger partial charge in [0.05, 0.1) is 24.4 Å². The Morgan fingerprint density at radius 2 is 1.94 bits per heavy atom. The quantitative estimate of drug-likeness (QED) is 0.249. The predicted molar refractivity (Wildman–Crippen MR) is 140 cm³/mol. The molecule has 0 bridgehead atoms. The van der Waals surface area contributed by atoms with E-state index in [0.29, 0.717) is 13.0 Å². The number of aliphatic hydroxyl groups excluding tert-OH is 2. The van der Waals surface area contributed by atoms with Crippen LogP contribution in [0.4, 0.5) is 11.6 Å². The van der Waals surface area contributed by atoms with Crippen LogP contribution in [0.5, 0.6) is 0 Å². The van der Waals surface area contributed by atoms with Gasteiger partial charge in [-0.05, 0) is 60.4 Å². The summed E-state index contributed by atoms with van der Waals surface area (Å²) in [4.78, 5) is 9.88. The number of para-hydroxylation sites is 1. The largest absolute Gasteiger partial charge is 0.390 e. The standard InChI is InChI=1S/C27H32N4O2S/c1-4-19-16(3)23(21-13-17-8-5-6-10-20(17)29-21)27(30-22-12-15(2)24(32)25(22)33)31-26(19)28-14-18-9-7-11-34-18/h5-11,13,15,22,24-25,29,32-33H,4,12,14H2,1-3H3,(H2,28,30,31). The number of aromatic amines is 1. The highest BCUT2D eigenvalue weighted by Gasteiger charge is 2.39. The number of thiophene rings is 1. The number of hydrogen-bond acceptors (Lipinski definition) is 6. The lowest BCUT2D eigenvalue weighted by atomic mass is 9.98.